The van der Waals surface area contributed by atoms with Crippen LogP contribution in [0.25, 0.3) is 0 Å². The number of nitrogens with zero attached hydrogens (tertiary/aromatic N) is 1. The second kappa shape index (κ2) is 7.82. The average Bonchev–Trinajstić information content (AvgIpc) is 2.82. The fourth-order valence-electron chi connectivity index (χ4n) is 3.12. The van der Waals surface area contributed by atoms with Crippen LogP contribution in [0.2, 0.25) is 5.02 Å². The second-order valence-corrected chi connectivity index (χ2v) is 6.66. The Kier molecular flexibility index (Phi) is 5.54. The fourth-order valence-corrected chi connectivity index (χ4v) is 3.24. The molecule has 0 fully saturated rings. The van der Waals surface area contributed by atoms with Crippen LogP contribution in [0.15, 0.2) is 42.5 Å². The number of fused-ring (bicyclic) bond motifs is 1. The predicted molar refractivity (Wildman–Crippen MR) is 98.6 cm³/mol. The van der Waals surface area contributed by atoms with Crippen LogP contribution in [0.4, 0.5) is 0 Å². The van der Waals surface area contributed by atoms with E-state index in [4.69, 9.17) is 11.6 Å². The van der Waals surface area contributed by atoms with E-state index in [2.05, 4.69) is 29.3 Å². The van der Waals surface area contributed by atoms with Crippen molar-refractivity contribution in [1.29, 1.82) is 0 Å². The van der Waals surface area contributed by atoms with Crippen LogP contribution in [-0.2, 0) is 19.4 Å². The molecule has 0 aromatic heterocycles. The third kappa shape index (κ3) is 4.16. The van der Waals surface area contributed by atoms with Gasteiger partial charge in [-0.05, 0) is 60.3 Å². The number of benzene rings is 2. The van der Waals surface area contributed by atoms with Gasteiger partial charge in [-0.15, -0.1) is 0 Å². The first kappa shape index (κ1) is 17.0. The van der Waals surface area contributed by atoms with Crippen molar-refractivity contribution < 1.29 is 4.79 Å². The Balaban J connectivity index is 1.65. The monoisotopic (exact) mass is 342 g/mol. The lowest BCUT2D eigenvalue weighted by Gasteiger charge is -2.16. The molecule has 3 rings (SSSR count). The molecule has 2 aromatic rings. The van der Waals surface area contributed by atoms with Crippen molar-refractivity contribution >= 4 is 17.5 Å². The molecule has 0 radical (unpaired) electrons. The highest BCUT2D eigenvalue weighted by molar-refractivity contribution is 6.30. The molecular formula is C20H23ClN2O. The zero-order valence-electron chi connectivity index (χ0n) is 14.0. The number of hydrogen-bond acceptors (Lipinski definition) is 2. The Hall–Kier alpha value is -1.84. The Morgan fingerprint density at radius 3 is 2.50 bits per heavy atom. The van der Waals surface area contributed by atoms with E-state index in [1.807, 2.05) is 30.3 Å². The summed E-state index contributed by atoms with van der Waals surface area (Å²) < 4.78 is 0. The highest BCUT2D eigenvalue weighted by atomic mass is 35.5. The Morgan fingerprint density at radius 2 is 1.79 bits per heavy atom. The quantitative estimate of drug-likeness (QED) is 0.919. The number of carbonyl (C=O) groups excluding carboxylic acids is 1. The maximum absolute atomic E-state index is 12.4. The topological polar surface area (TPSA) is 32.3 Å². The van der Waals surface area contributed by atoms with E-state index in [9.17, 15) is 4.79 Å². The summed E-state index contributed by atoms with van der Waals surface area (Å²) in [5.74, 6) is -0.0238. The van der Waals surface area contributed by atoms with Gasteiger partial charge in [-0.3, -0.25) is 4.79 Å². The average molecular weight is 343 g/mol. The minimum Gasteiger partial charge on any atom is -0.348 e. The molecule has 0 atom stereocenters. The van der Waals surface area contributed by atoms with Crippen molar-refractivity contribution in [1.82, 2.24) is 10.2 Å². The van der Waals surface area contributed by atoms with Gasteiger partial charge in [0.15, 0.2) is 0 Å². The first-order chi connectivity index (χ1) is 11.7. The van der Waals surface area contributed by atoms with Gasteiger partial charge in [0.1, 0.15) is 0 Å². The summed E-state index contributed by atoms with van der Waals surface area (Å²) in [6.07, 6.45) is 2.08. The van der Waals surface area contributed by atoms with E-state index in [0.29, 0.717) is 11.6 Å². The highest BCUT2D eigenvalue weighted by Gasteiger charge is 2.15. The van der Waals surface area contributed by atoms with E-state index in [0.717, 1.165) is 43.6 Å². The summed E-state index contributed by atoms with van der Waals surface area (Å²) in [6, 6.07) is 13.7. The molecule has 1 heterocycles. The molecule has 1 amide bonds. The maximum Gasteiger partial charge on any atom is 0.251 e. The minimum atomic E-state index is -0.0238. The SMILES string of the molecule is CCN1CCc2ccc(C(=O)NCc3ccc(Cl)cc3)cc2CC1. The van der Waals surface area contributed by atoms with Crippen molar-refractivity contribution in [3.8, 4) is 0 Å². The fraction of sp³-hybridized carbons (Fsp3) is 0.350. The molecule has 2 aromatic carbocycles. The van der Waals surface area contributed by atoms with Crippen LogP contribution < -0.4 is 5.32 Å². The largest absolute Gasteiger partial charge is 0.348 e. The summed E-state index contributed by atoms with van der Waals surface area (Å²) in [4.78, 5) is 14.9. The molecule has 0 bridgehead atoms. The molecule has 1 N–H and O–H groups in total. The summed E-state index contributed by atoms with van der Waals surface area (Å²) >= 11 is 5.88. The number of likely N-dealkylation sites (N-methyl/N-ethyl adjacent to an activating group) is 1. The zero-order chi connectivity index (χ0) is 16.9. The van der Waals surface area contributed by atoms with Crippen molar-refractivity contribution in [2.45, 2.75) is 26.3 Å². The maximum atomic E-state index is 12.4. The first-order valence-corrected chi connectivity index (χ1v) is 8.90. The number of carbonyl (C=O) groups is 1. The van der Waals surface area contributed by atoms with Gasteiger partial charge in [0, 0.05) is 30.2 Å². The van der Waals surface area contributed by atoms with Gasteiger partial charge in [-0.1, -0.05) is 36.7 Å². The van der Waals surface area contributed by atoms with Crippen molar-refractivity contribution in [3.05, 3.63) is 69.7 Å². The molecule has 24 heavy (non-hydrogen) atoms. The molecule has 4 heteroatoms. The molecular weight excluding hydrogens is 320 g/mol. The third-order valence-corrected chi connectivity index (χ3v) is 4.93. The molecule has 0 spiro atoms. The highest BCUT2D eigenvalue weighted by Crippen LogP contribution is 2.18. The number of nitrogens with one attached hydrogen (secondary N) is 1. The summed E-state index contributed by atoms with van der Waals surface area (Å²) in [7, 11) is 0. The van der Waals surface area contributed by atoms with E-state index < -0.39 is 0 Å². The Bertz CT molecular complexity index is 712. The van der Waals surface area contributed by atoms with E-state index in [1.165, 1.54) is 11.1 Å². The van der Waals surface area contributed by atoms with Crippen LogP contribution in [-0.4, -0.2) is 30.4 Å². The van der Waals surface area contributed by atoms with Gasteiger partial charge in [-0.2, -0.15) is 0 Å². The van der Waals surface area contributed by atoms with Crippen molar-refractivity contribution in [2.75, 3.05) is 19.6 Å². The van der Waals surface area contributed by atoms with Gasteiger partial charge < -0.3 is 10.2 Å². The van der Waals surface area contributed by atoms with Crippen molar-refractivity contribution in [3.63, 3.8) is 0 Å². The number of rotatable bonds is 4. The molecule has 1 aliphatic heterocycles. The standard InChI is InChI=1S/C20H23ClN2O/c1-2-23-11-9-16-5-6-18(13-17(16)10-12-23)20(24)22-14-15-3-7-19(21)8-4-15/h3-8,13H,2,9-12,14H2,1H3,(H,22,24). The van der Waals surface area contributed by atoms with Crippen LogP contribution in [0.3, 0.4) is 0 Å². The van der Waals surface area contributed by atoms with Crippen LogP contribution in [0.1, 0.15) is 34.0 Å². The first-order valence-electron chi connectivity index (χ1n) is 8.52. The molecule has 0 saturated carbocycles. The number of amides is 1. The zero-order valence-corrected chi connectivity index (χ0v) is 14.8. The van der Waals surface area contributed by atoms with Crippen molar-refractivity contribution in [2.24, 2.45) is 0 Å². The molecule has 1 aliphatic rings. The number of halogens is 1. The summed E-state index contributed by atoms with van der Waals surface area (Å²) in [6.45, 7) is 5.97. The molecule has 0 aliphatic carbocycles. The van der Waals surface area contributed by atoms with Gasteiger partial charge in [-0.25, -0.2) is 0 Å². The smallest absolute Gasteiger partial charge is 0.251 e. The minimum absolute atomic E-state index is 0.0238. The van der Waals surface area contributed by atoms with Gasteiger partial charge >= 0.3 is 0 Å². The third-order valence-electron chi connectivity index (χ3n) is 4.68. The Labute approximate surface area is 148 Å². The predicted octanol–water partition coefficient (Wildman–Crippen LogP) is 3.69. The molecule has 0 saturated heterocycles. The number of hydrogen-bond donors (Lipinski definition) is 1. The lowest BCUT2D eigenvalue weighted by molar-refractivity contribution is 0.0951. The summed E-state index contributed by atoms with van der Waals surface area (Å²) in [5, 5.41) is 3.69. The summed E-state index contributed by atoms with van der Waals surface area (Å²) in [5.41, 5.74) is 4.47. The van der Waals surface area contributed by atoms with Gasteiger partial charge in [0.25, 0.3) is 5.91 Å². The van der Waals surface area contributed by atoms with E-state index in [1.54, 1.807) is 0 Å². The lowest BCUT2D eigenvalue weighted by Crippen LogP contribution is -2.25. The van der Waals surface area contributed by atoms with Gasteiger partial charge in [0.05, 0.1) is 0 Å². The second-order valence-electron chi connectivity index (χ2n) is 6.23. The molecule has 3 nitrogen and oxygen atoms in total. The van der Waals surface area contributed by atoms with Gasteiger partial charge in [0.2, 0.25) is 0 Å². The molecule has 0 unspecified atom stereocenters. The van der Waals surface area contributed by atoms with E-state index in [-0.39, 0.29) is 5.91 Å². The lowest BCUT2D eigenvalue weighted by atomic mass is 10.00. The van der Waals surface area contributed by atoms with Crippen LogP contribution in [0.5, 0.6) is 0 Å². The van der Waals surface area contributed by atoms with E-state index >= 15 is 0 Å². The van der Waals surface area contributed by atoms with Crippen LogP contribution >= 0.6 is 11.6 Å². The molecule has 126 valence electrons. The van der Waals surface area contributed by atoms with Crippen LogP contribution in [0, 0.1) is 0 Å². The normalized spacial score (nSPS) is 14.8. The Morgan fingerprint density at radius 1 is 1.08 bits per heavy atom.